The van der Waals surface area contributed by atoms with Gasteiger partial charge in [0.25, 0.3) is 0 Å². The molecule has 0 aliphatic carbocycles. The van der Waals surface area contributed by atoms with E-state index in [9.17, 15) is 13.6 Å². The molecule has 0 saturated carbocycles. The molecule has 1 heterocycles. The molecule has 1 aromatic carbocycles. The lowest BCUT2D eigenvalue weighted by Gasteiger charge is -2.15. The molecule has 0 saturated heterocycles. The van der Waals surface area contributed by atoms with Crippen molar-refractivity contribution in [2.24, 2.45) is 5.92 Å². The number of anilines is 1. The van der Waals surface area contributed by atoms with E-state index in [2.05, 4.69) is 28.7 Å². The minimum atomic E-state index is -0.793. The Morgan fingerprint density at radius 3 is 2.56 bits per heavy atom. The minimum Gasteiger partial charge on any atom is -0.323 e. The molecule has 4 nitrogen and oxygen atoms in total. The normalized spacial score (nSPS) is 12.5. The van der Waals surface area contributed by atoms with Crippen molar-refractivity contribution in [3.63, 3.8) is 0 Å². The Bertz CT molecular complexity index is 774. The monoisotopic (exact) mass is 367 g/mol. The van der Waals surface area contributed by atoms with Crippen molar-refractivity contribution < 1.29 is 13.6 Å². The zero-order valence-corrected chi connectivity index (χ0v) is 15.9. The Morgan fingerprint density at radius 2 is 1.96 bits per heavy atom. The summed E-state index contributed by atoms with van der Waals surface area (Å²) < 4.78 is 28.7. The number of aromatic nitrogens is 2. The number of imidazole rings is 1. The SMILES string of the molecule is Cc1nc(SC(C)C(=O)Nc2ccc(F)cc2F)n(CC(C)C)c1C. The number of amides is 1. The Labute approximate surface area is 151 Å². The topological polar surface area (TPSA) is 46.9 Å². The Balaban J connectivity index is 2.12. The number of hydrogen-bond acceptors (Lipinski definition) is 3. The molecule has 1 unspecified atom stereocenters. The quantitative estimate of drug-likeness (QED) is 0.762. The molecule has 25 heavy (non-hydrogen) atoms. The van der Waals surface area contributed by atoms with Crippen LogP contribution in [0.1, 0.15) is 32.2 Å². The molecule has 1 amide bonds. The van der Waals surface area contributed by atoms with Gasteiger partial charge in [-0.15, -0.1) is 0 Å². The number of nitrogens with one attached hydrogen (secondary N) is 1. The molecule has 0 bridgehead atoms. The largest absolute Gasteiger partial charge is 0.323 e. The molecule has 0 radical (unpaired) electrons. The van der Waals surface area contributed by atoms with E-state index in [1.165, 1.54) is 17.8 Å². The van der Waals surface area contributed by atoms with E-state index >= 15 is 0 Å². The highest BCUT2D eigenvalue weighted by molar-refractivity contribution is 8.00. The molecular weight excluding hydrogens is 344 g/mol. The van der Waals surface area contributed by atoms with Gasteiger partial charge in [-0.25, -0.2) is 13.8 Å². The van der Waals surface area contributed by atoms with Crippen LogP contribution in [0.15, 0.2) is 23.4 Å². The first-order valence-corrected chi connectivity index (χ1v) is 9.03. The third-order valence-corrected chi connectivity index (χ3v) is 4.90. The lowest BCUT2D eigenvalue weighted by atomic mass is 10.2. The zero-order chi connectivity index (χ0) is 18.7. The van der Waals surface area contributed by atoms with Crippen LogP contribution in [0.5, 0.6) is 0 Å². The third kappa shape index (κ3) is 4.81. The van der Waals surface area contributed by atoms with Crippen LogP contribution in [0.3, 0.4) is 0 Å². The lowest BCUT2D eigenvalue weighted by Crippen LogP contribution is -2.23. The number of halogens is 2. The van der Waals surface area contributed by atoms with Gasteiger partial charge in [-0.1, -0.05) is 25.6 Å². The second kappa shape index (κ2) is 7.99. The summed E-state index contributed by atoms with van der Waals surface area (Å²) in [4.78, 5) is 16.9. The van der Waals surface area contributed by atoms with Crippen molar-refractivity contribution in [1.82, 2.24) is 9.55 Å². The molecule has 0 fully saturated rings. The van der Waals surface area contributed by atoms with Crippen LogP contribution in [0.4, 0.5) is 14.5 Å². The average molecular weight is 367 g/mol. The summed E-state index contributed by atoms with van der Waals surface area (Å²) in [5, 5.41) is 2.79. The van der Waals surface area contributed by atoms with Crippen molar-refractivity contribution in [2.75, 3.05) is 5.32 Å². The first-order chi connectivity index (χ1) is 11.7. The molecule has 2 aromatic rings. The van der Waals surface area contributed by atoms with E-state index < -0.39 is 16.9 Å². The van der Waals surface area contributed by atoms with Crippen LogP contribution in [0, 0.1) is 31.4 Å². The highest BCUT2D eigenvalue weighted by Crippen LogP contribution is 2.27. The fourth-order valence-corrected chi connectivity index (χ4v) is 3.34. The first-order valence-electron chi connectivity index (χ1n) is 8.15. The molecule has 1 atom stereocenters. The molecule has 1 N–H and O–H groups in total. The highest BCUT2D eigenvalue weighted by Gasteiger charge is 2.21. The molecule has 2 rings (SSSR count). The molecule has 0 aliphatic heterocycles. The number of aryl methyl sites for hydroxylation is 1. The van der Waals surface area contributed by atoms with Crippen molar-refractivity contribution in [3.05, 3.63) is 41.2 Å². The fourth-order valence-electron chi connectivity index (χ4n) is 2.33. The molecule has 0 aliphatic rings. The number of benzene rings is 1. The maximum absolute atomic E-state index is 13.7. The number of carbonyl (C=O) groups is 1. The molecule has 136 valence electrons. The second-order valence-corrected chi connectivity index (χ2v) is 7.75. The predicted molar refractivity (Wildman–Crippen MR) is 96.8 cm³/mol. The number of thioether (sulfide) groups is 1. The summed E-state index contributed by atoms with van der Waals surface area (Å²) in [6.45, 7) is 10.7. The van der Waals surface area contributed by atoms with Crippen LogP contribution in [-0.4, -0.2) is 20.7 Å². The average Bonchev–Trinajstić information content (AvgIpc) is 2.77. The van der Waals surface area contributed by atoms with E-state index in [1.54, 1.807) is 6.92 Å². The predicted octanol–water partition coefficient (Wildman–Crippen LogP) is 4.55. The van der Waals surface area contributed by atoms with Crippen LogP contribution in [-0.2, 0) is 11.3 Å². The molecule has 0 spiro atoms. The van der Waals surface area contributed by atoms with Crippen LogP contribution < -0.4 is 5.32 Å². The van der Waals surface area contributed by atoms with Gasteiger partial charge < -0.3 is 9.88 Å². The van der Waals surface area contributed by atoms with Crippen molar-refractivity contribution in [1.29, 1.82) is 0 Å². The van der Waals surface area contributed by atoms with E-state index in [1.807, 2.05) is 13.8 Å². The van der Waals surface area contributed by atoms with Gasteiger partial charge in [0.15, 0.2) is 5.16 Å². The van der Waals surface area contributed by atoms with Gasteiger partial charge >= 0.3 is 0 Å². The number of rotatable bonds is 6. The lowest BCUT2D eigenvalue weighted by molar-refractivity contribution is -0.115. The van der Waals surface area contributed by atoms with Gasteiger partial charge in [0.2, 0.25) is 5.91 Å². The number of nitrogens with zero attached hydrogens (tertiary/aromatic N) is 2. The summed E-state index contributed by atoms with van der Waals surface area (Å²) in [6.07, 6.45) is 0. The third-order valence-electron chi connectivity index (χ3n) is 3.81. The molecule has 1 aromatic heterocycles. The van der Waals surface area contributed by atoms with E-state index in [-0.39, 0.29) is 11.6 Å². The Kier molecular flexibility index (Phi) is 6.21. The summed E-state index contributed by atoms with van der Waals surface area (Å²) in [5.74, 6) is -1.38. The van der Waals surface area contributed by atoms with Gasteiger partial charge in [0, 0.05) is 18.3 Å². The Hall–Kier alpha value is -1.89. The van der Waals surface area contributed by atoms with Gasteiger partial charge in [-0.3, -0.25) is 4.79 Å². The summed E-state index contributed by atoms with van der Waals surface area (Å²) in [7, 11) is 0. The van der Waals surface area contributed by atoms with Crippen LogP contribution >= 0.6 is 11.8 Å². The standard InChI is InChI=1S/C18H23F2N3OS/c1-10(2)9-23-12(4)11(3)21-18(23)25-13(5)17(24)22-16-7-6-14(19)8-15(16)20/h6-8,10,13H,9H2,1-5H3,(H,22,24). The van der Waals surface area contributed by atoms with Gasteiger partial charge in [-0.05, 0) is 38.8 Å². The van der Waals surface area contributed by atoms with E-state index in [4.69, 9.17) is 0 Å². The molecule has 7 heteroatoms. The minimum absolute atomic E-state index is 0.0308. The second-order valence-electron chi connectivity index (χ2n) is 6.44. The maximum Gasteiger partial charge on any atom is 0.237 e. The van der Waals surface area contributed by atoms with Crippen molar-refractivity contribution in [3.8, 4) is 0 Å². The number of hydrogen-bond donors (Lipinski definition) is 1. The van der Waals surface area contributed by atoms with Crippen LogP contribution in [0.25, 0.3) is 0 Å². The van der Waals surface area contributed by atoms with Crippen molar-refractivity contribution >= 4 is 23.4 Å². The summed E-state index contributed by atoms with van der Waals surface area (Å²) >= 11 is 1.33. The fraction of sp³-hybridized carbons (Fsp3) is 0.444. The molecular formula is C18H23F2N3OS. The number of carbonyl (C=O) groups excluding carboxylic acids is 1. The van der Waals surface area contributed by atoms with Crippen LogP contribution in [0.2, 0.25) is 0 Å². The maximum atomic E-state index is 13.7. The highest BCUT2D eigenvalue weighted by atomic mass is 32.2. The Morgan fingerprint density at radius 1 is 1.28 bits per heavy atom. The zero-order valence-electron chi connectivity index (χ0n) is 15.1. The van der Waals surface area contributed by atoms with E-state index in [0.717, 1.165) is 35.2 Å². The smallest absolute Gasteiger partial charge is 0.237 e. The van der Waals surface area contributed by atoms with Crippen molar-refractivity contribution in [2.45, 2.75) is 51.6 Å². The van der Waals surface area contributed by atoms with Gasteiger partial charge in [0.1, 0.15) is 11.6 Å². The summed E-state index contributed by atoms with van der Waals surface area (Å²) in [6, 6.07) is 3.07. The summed E-state index contributed by atoms with van der Waals surface area (Å²) in [5.41, 5.74) is 1.98. The van der Waals surface area contributed by atoms with E-state index in [0.29, 0.717) is 5.92 Å². The van der Waals surface area contributed by atoms with Gasteiger partial charge in [0.05, 0.1) is 16.6 Å². The van der Waals surface area contributed by atoms with Gasteiger partial charge in [-0.2, -0.15) is 0 Å². The first kappa shape index (κ1) is 19.4.